The van der Waals surface area contributed by atoms with Crippen LogP contribution in [0.3, 0.4) is 0 Å². The standard InChI is InChI=1S/C12H20O2/c1-6-10(3)8-9-12(5,7-2)14-11(4)13/h7-10H,2,6H2,1,3-5H3/b9-8+. The van der Waals surface area contributed by atoms with E-state index in [4.69, 9.17) is 4.74 Å². The minimum atomic E-state index is -0.671. The molecule has 0 aliphatic heterocycles. The first-order valence-electron chi connectivity index (χ1n) is 4.96. The highest BCUT2D eigenvalue weighted by Gasteiger charge is 2.19. The Hall–Kier alpha value is -1.05. The van der Waals surface area contributed by atoms with Crippen LogP contribution in [0.2, 0.25) is 0 Å². The predicted octanol–water partition coefficient (Wildman–Crippen LogP) is 3.10. The molecule has 0 fully saturated rings. The largest absolute Gasteiger partial charge is 0.451 e. The molecule has 2 heteroatoms. The summed E-state index contributed by atoms with van der Waals surface area (Å²) in [6, 6.07) is 0. The Kier molecular flexibility index (Phi) is 5.21. The van der Waals surface area contributed by atoms with E-state index < -0.39 is 5.60 Å². The van der Waals surface area contributed by atoms with Crippen molar-refractivity contribution in [3.05, 3.63) is 24.8 Å². The van der Waals surface area contributed by atoms with E-state index in [-0.39, 0.29) is 5.97 Å². The summed E-state index contributed by atoms with van der Waals surface area (Å²) in [5, 5.41) is 0. The first-order valence-corrected chi connectivity index (χ1v) is 4.96. The van der Waals surface area contributed by atoms with Crippen molar-refractivity contribution < 1.29 is 9.53 Å². The Bertz CT molecular complexity index is 230. The average molecular weight is 196 g/mol. The molecule has 2 nitrogen and oxygen atoms in total. The third-order valence-corrected chi connectivity index (χ3v) is 2.17. The van der Waals surface area contributed by atoms with Gasteiger partial charge in [-0.05, 0) is 25.0 Å². The Balaban J connectivity index is 4.46. The van der Waals surface area contributed by atoms with E-state index >= 15 is 0 Å². The van der Waals surface area contributed by atoms with E-state index in [0.717, 1.165) is 6.42 Å². The average Bonchev–Trinajstić information content (AvgIpc) is 2.13. The van der Waals surface area contributed by atoms with Crippen molar-refractivity contribution >= 4 is 5.97 Å². The van der Waals surface area contributed by atoms with Gasteiger partial charge in [-0.25, -0.2) is 0 Å². The van der Waals surface area contributed by atoms with Crippen LogP contribution in [0.15, 0.2) is 24.8 Å². The van der Waals surface area contributed by atoms with Gasteiger partial charge in [-0.1, -0.05) is 32.9 Å². The molecule has 0 rings (SSSR count). The molecular formula is C12H20O2. The number of rotatable bonds is 5. The molecule has 0 aromatic heterocycles. The van der Waals surface area contributed by atoms with E-state index in [1.807, 2.05) is 19.1 Å². The lowest BCUT2D eigenvalue weighted by Crippen LogP contribution is -2.25. The maximum atomic E-state index is 10.8. The number of hydrogen-bond donors (Lipinski definition) is 0. The van der Waals surface area contributed by atoms with Crippen molar-refractivity contribution in [3.8, 4) is 0 Å². The Morgan fingerprint density at radius 2 is 2.21 bits per heavy atom. The van der Waals surface area contributed by atoms with Gasteiger partial charge in [0.15, 0.2) is 0 Å². The second-order valence-electron chi connectivity index (χ2n) is 3.73. The molecule has 0 amide bonds. The third-order valence-electron chi connectivity index (χ3n) is 2.17. The Labute approximate surface area is 86.6 Å². The summed E-state index contributed by atoms with van der Waals surface area (Å²) < 4.78 is 5.14. The summed E-state index contributed by atoms with van der Waals surface area (Å²) in [6.07, 6.45) is 6.64. The zero-order valence-corrected chi connectivity index (χ0v) is 9.54. The molecule has 0 saturated heterocycles. The molecule has 0 aliphatic carbocycles. The van der Waals surface area contributed by atoms with Gasteiger partial charge < -0.3 is 4.74 Å². The van der Waals surface area contributed by atoms with Crippen LogP contribution in [0.1, 0.15) is 34.1 Å². The van der Waals surface area contributed by atoms with Crippen LogP contribution in [0.25, 0.3) is 0 Å². The van der Waals surface area contributed by atoms with Crippen molar-refractivity contribution in [1.29, 1.82) is 0 Å². The fourth-order valence-electron chi connectivity index (χ4n) is 0.945. The smallest absolute Gasteiger partial charge is 0.303 e. The van der Waals surface area contributed by atoms with Gasteiger partial charge in [-0.2, -0.15) is 0 Å². The third kappa shape index (κ3) is 4.85. The van der Waals surface area contributed by atoms with Crippen molar-refractivity contribution in [2.45, 2.75) is 39.7 Å². The van der Waals surface area contributed by atoms with Crippen LogP contribution in [-0.2, 0) is 9.53 Å². The lowest BCUT2D eigenvalue weighted by molar-refractivity contribution is -0.147. The molecule has 0 bridgehead atoms. The normalized spacial score (nSPS) is 17.4. The molecular weight excluding hydrogens is 176 g/mol. The minimum absolute atomic E-state index is 0.291. The summed E-state index contributed by atoms with van der Waals surface area (Å²) in [5.74, 6) is 0.200. The summed E-state index contributed by atoms with van der Waals surface area (Å²) in [4.78, 5) is 10.8. The Morgan fingerprint density at radius 1 is 1.64 bits per heavy atom. The monoisotopic (exact) mass is 196 g/mol. The van der Waals surface area contributed by atoms with Crippen LogP contribution < -0.4 is 0 Å². The highest BCUT2D eigenvalue weighted by Crippen LogP contribution is 2.16. The van der Waals surface area contributed by atoms with Crippen LogP contribution in [0.5, 0.6) is 0 Å². The number of esters is 1. The van der Waals surface area contributed by atoms with E-state index in [9.17, 15) is 4.79 Å². The van der Waals surface area contributed by atoms with E-state index in [2.05, 4.69) is 20.4 Å². The van der Waals surface area contributed by atoms with Crippen molar-refractivity contribution in [3.63, 3.8) is 0 Å². The lowest BCUT2D eigenvalue weighted by Gasteiger charge is -2.21. The van der Waals surface area contributed by atoms with Gasteiger partial charge in [0.05, 0.1) is 0 Å². The molecule has 2 unspecified atom stereocenters. The number of hydrogen-bond acceptors (Lipinski definition) is 2. The summed E-state index contributed by atoms with van der Waals surface area (Å²) in [7, 11) is 0. The topological polar surface area (TPSA) is 26.3 Å². The first kappa shape index (κ1) is 12.9. The molecule has 80 valence electrons. The molecule has 0 aromatic rings. The predicted molar refractivity (Wildman–Crippen MR) is 59.0 cm³/mol. The Morgan fingerprint density at radius 3 is 2.57 bits per heavy atom. The van der Waals surface area contributed by atoms with E-state index in [0.29, 0.717) is 5.92 Å². The van der Waals surface area contributed by atoms with Crippen LogP contribution in [0.4, 0.5) is 0 Å². The maximum Gasteiger partial charge on any atom is 0.303 e. The molecule has 0 saturated carbocycles. The lowest BCUT2D eigenvalue weighted by atomic mass is 10.0. The van der Waals surface area contributed by atoms with Gasteiger partial charge in [-0.15, -0.1) is 0 Å². The van der Waals surface area contributed by atoms with Gasteiger partial charge in [0, 0.05) is 6.92 Å². The molecule has 0 heterocycles. The van der Waals surface area contributed by atoms with Gasteiger partial charge in [0.1, 0.15) is 5.60 Å². The highest BCUT2D eigenvalue weighted by molar-refractivity contribution is 5.67. The van der Waals surface area contributed by atoms with Crippen molar-refractivity contribution in [1.82, 2.24) is 0 Å². The molecule has 0 radical (unpaired) electrons. The molecule has 0 aromatic carbocycles. The summed E-state index contributed by atoms with van der Waals surface area (Å²) in [6.45, 7) is 11.1. The van der Waals surface area contributed by atoms with Crippen molar-refractivity contribution in [2.75, 3.05) is 0 Å². The van der Waals surface area contributed by atoms with Gasteiger partial charge in [0.2, 0.25) is 0 Å². The summed E-state index contributed by atoms with van der Waals surface area (Å²) >= 11 is 0. The van der Waals surface area contributed by atoms with Gasteiger partial charge in [-0.3, -0.25) is 4.79 Å². The van der Waals surface area contributed by atoms with Crippen LogP contribution >= 0.6 is 0 Å². The SMILES string of the molecule is C=CC(C)(/C=C/C(C)CC)OC(C)=O. The summed E-state index contributed by atoms with van der Waals surface area (Å²) in [5.41, 5.74) is -0.671. The first-order chi connectivity index (χ1) is 6.43. The molecule has 0 N–H and O–H groups in total. The van der Waals surface area contributed by atoms with E-state index in [1.54, 1.807) is 6.08 Å². The maximum absolute atomic E-state index is 10.8. The number of carbonyl (C=O) groups excluding carboxylic acids is 1. The fourth-order valence-corrected chi connectivity index (χ4v) is 0.945. The second-order valence-corrected chi connectivity index (χ2v) is 3.73. The minimum Gasteiger partial charge on any atom is -0.451 e. The van der Waals surface area contributed by atoms with Crippen molar-refractivity contribution in [2.24, 2.45) is 5.92 Å². The molecule has 0 aliphatic rings. The zero-order chi connectivity index (χ0) is 11.2. The fraction of sp³-hybridized carbons (Fsp3) is 0.583. The van der Waals surface area contributed by atoms with Gasteiger partial charge >= 0.3 is 5.97 Å². The molecule has 2 atom stereocenters. The number of ether oxygens (including phenoxy) is 1. The molecule has 0 spiro atoms. The van der Waals surface area contributed by atoms with Gasteiger partial charge in [0.25, 0.3) is 0 Å². The zero-order valence-electron chi connectivity index (χ0n) is 9.54. The van der Waals surface area contributed by atoms with Crippen LogP contribution in [-0.4, -0.2) is 11.6 Å². The number of carbonyl (C=O) groups is 1. The molecule has 14 heavy (non-hydrogen) atoms. The number of allylic oxidation sites excluding steroid dienone is 1. The quantitative estimate of drug-likeness (QED) is 0.499. The second kappa shape index (κ2) is 5.63. The highest BCUT2D eigenvalue weighted by atomic mass is 16.6. The van der Waals surface area contributed by atoms with E-state index in [1.165, 1.54) is 6.92 Å². The van der Waals surface area contributed by atoms with Crippen LogP contribution in [0, 0.1) is 5.92 Å².